The number of esters is 4. The second kappa shape index (κ2) is 62.3. The average Bonchev–Trinajstić information content (AvgIpc) is 0.770. The van der Waals surface area contributed by atoms with E-state index in [9.17, 15) is 127 Å². The fourth-order valence-corrected chi connectivity index (χ4v) is 18.4. The number of nitrogens with one attached hydrogen (secondary N) is 6. The maximum Gasteiger partial charge on any atom is 0.329 e. The van der Waals surface area contributed by atoms with Gasteiger partial charge in [0, 0.05) is 101 Å². The molecule has 1 saturated carbocycles. The van der Waals surface area contributed by atoms with Gasteiger partial charge in [0.15, 0.2) is 12.1 Å². The molecule has 0 aromatic heterocycles. The molecule has 3 aliphatic heterocycles. The minimum Gasteiger partial charge on any atom is -0.480 e. The van der Waals surface area contributed by atoms with Crippen molar-refractivity contribution in [3.8, 4) is 0 Å². The summed E-state index contributed by atoms with van der Waals surface area (Å²) in [6.07, 6.45) is -0.289. The van der Waals surface area contributed by atoms with E-state index in [1.54, 1.807) is 45.1 Å². The number of ketones is 3. The van der Waals surface area contributed by atoms with Crippen LogP contribution in [0.25, 0.3) is 0 Å². The zero-order chi connectivity index (χ0) is 107. The molecule has 142 heavy (non-hydrogen) atoms. The lowest BCUT2D eigenvalue weighted by Crippen LogP contribution is -2.61. The highest BCUT2D eigenvalue weighted by molar-refractivity contribution is 8.00. The lowest BCUT2D eigenvalue weighted by molar-refractivity contribution is -0.265. The van der Waals surface area contributed by atoms with Gasteiger partial charge in [-0.15, -0.1) is 23.5 Å². The molecular weight excluding hydrogens is 1930 g/mol. The average molecular weight is 2070 g/mol. The highest BCUT2D eigenvalue weighted by Gasteiger charge is 2.54. The molecule has 3 heterocycles. The van der Waals surface area contributed by atoms with Crippen molar-refractivity contribution < 1.29 is 179 Å². The number of carbonyl (C=O) groups excluding carboxylic acids is 14. The van der Waals surface area contributed by atoms with Crippen LogP contribution in [0.4, 0.5) is 0 Å². The number of hydrogen-bond acceptors (Lipinski definition) is 37. The first-order valence-electron chi connectivity index (χ1n) is 46.5. The summed E-state index contributed by atoms with van der Waals surface area (Å²) in [5, 5.41) is 93.2. The fraction of sp³-hybridized carbons (Fsp3) is 0.696. The molecular formula is C92H140N10O37S3. The first kappa shape index (κ1) is 124. The number of methoxy groups -OCH3 is 3. The Bertz CT molecular complexity index is 4390. The number of piperidine rings is 1. The smallest absolute Gasteiger partial charge is 0.329 e. The highest BCUT2D eigenvalue weighted by Crippen LogP contribution is 2.40. The van der Waals surface area contributed by atoms with Crippen molar-refractivity contribution in [2.45, 2.75) is 268 Å². The molecule has 7 amide bonds. The molecule has 2 saturated heterocycles. The van der Waals surface area contributed by atoms with Gasteiger partial charge in [-0.1, -0.05) is 71.1 Å². The number of fused-ring (bicyclic) bond motifs is 3. The fourth-order valence-electron chi connectivity index (χ4n) is 15.9. The molecule has 2 unspecified atom stereocenters. The molecule has 50 heteroatoms. The number of carbonyl (C=O) groups is 20. The summed E-state index contributed by atoms with van der Waals surface area (Å²) in [5.41, 5.74) is 15.4. The van der Waals surface area contributed by atoms with Crippen LogP contribution in [0.5, 0.6) is 0 Å². The maximum absolute atomic E-state index is 15.3. The number of Topliss-reactive ketones (excluding diaryl/α,β-unsaturated/α-hetero) is 3. The Hall–Kier alpha value is -10.4. The molecule has 4 rings (SSSR count). The van der Waals surface area contributed by atoms with Gasteiger partial charge >= 0.3 is 59.7 Å². The molecule has 0 aromatic carbocycles. The van der Waals surface area contributed by atoms with E-state index in [1.807, 2.05) is 19.9 Å². The van der Waals surface area contributed by atoms with Crippen LogP contribution in [0.15, 0.2) is 47.6 Å². The summed E-state index contributed by atoms with van der Waals surface area (Å²) in [6, 6.07) is -10.3. The van der Waals surface area contributed by atoms with Crippen LogP contribution in [-0.2, 0) is 139 Å². The van der Waals surface area contributed by atoms with Crippen LogP contribution < -0.4 is 49.1 Å². The molecule has 22 atom stereocenters. The molecule has 2 bridgehead atoms. The molecule has 1 aliphatic carbocycles. The van der Waals surface area contributed by atoms with E-state index < -0.39 is 338 Å². The Kier molecular flexibility index (Phi) is 54.4. The number of nitrogens with zero attached hydrogens (tertiary/aromatic N) is 1. The number of thioether (sulfide) groups is 3. The van der Waals surface area contributed by atoms with Gasteiger partial charge in [-0.05, 0) is 133 Å². The van der Waals surface area contributed by atoms with Crippen molar-refractivity contribution in [2.24, 2.45) is 58.1 Å². The van der Waals surface area contributed by atoms with Crippen molar-refractivity contribution in [2.75, 3.05) is 95.2 Å². The Balaban J connectivity index is 1.81. The van der Waals surface area contributed by atoms with Gasteiger partial charge in [-0.2, -0.15) is 11.8 Å². The number of carboxylic acid groups (broad SMARTS) is 6. The summed E-state index contributed by atoms with van der Waals surface area (Å²) < 4.78 is 54.2. The number of amides is 7. The van der Waals surface area contributed by atoms with Gasteiger partial charge in [0.1, 0.15) is 111 Å². The molecule has 4 aliphatic rings. The van der Waals surface area contributed by atoms with E-state index in [1.165, 1.54) is 48.2 Å². The quantitative estimate of drug-likeness (QED) is 0.0125. The summed E-state index contributed by atoms with van der Waals surface area (Å²) in [7, 11) is 4.03. The summed E-state index contributed by atoms with van der Waals surface area (Å²) in [4.78, 5) is 265. The van der Waals surface area contributed by atoms with Crippen LogP contribution in [-0.4, -0.2) is 356 Å². The maximum atomic E-state index is 15.3. The van der Waals surface area contributed by atoms with E-state index in [0.717, 1.165) is 22.2 Å². The van der Waals surface area contributed by atoms with E-state index in [0.29, 0.717) is 42.8 Å². The topological polar surface area (TPSA) is 740 Å². The largest absolute Gasteiger partial charge is 0.480 e. The van der Waals surface area contributed by atoms with E-state index in [2.05, 4.69) is 31.9 Å². The normalized spacial score (nSPS) is 26.0. The van der Waals surface area contributed by atoms with Crippen LogP contribution in [0, 0.1) is 40.9 Å². The molecule has 20 N–H and O–H groups in total. The lowest BCUT2D eigenvalue weighted by Gasteiger charge is -2.42. The number of nitrogens with two attached hydrogens (primary N) is 3. The third kappa shape index (κ3) is 42.9. The zero-order valence-corrected chi connectivity index (χ0v) is 84.1. The molecule has 3 fully saturated rings. The number of hydrogen-bond donors (Lipinski definition) is 17. The van der Waals surface area contributed by atoms with Crippen molar-refractivity contribution >= 4 is 154 Å². The van der Waals surface area contributed by atoms with E-state index >= 15 is 9.59 Å². The predicted octanol–water partition coefficient (Wildman–Crippen LogP) is -0.000400. The van der Waals surface area contributed by atoms with Crippen LogP contribution in [0.3, 0.4) is 0 Å². The van der Waals surface area contributed by atoms with Crippen molar-refractivity contribution in [1.82, 2.24) is 36.8 Å². The van der Waals surface area contributed by atoms with Gasteiger partial charge < -0.3 is 137 Å². The minimum atomic E-state index is -2.67. The number of rotatable bonds is 50. The number of cyclic esters (lactones) is 1. The summed E-state index contributed by atoms with van der Waals surface area (Å²) in [6.45, 7) is 8.22. The Morgan fingerprint density at radius 1 is 0.592 bits per heavy atom. The minimum absolute atomic E-state index is 0.0153. The van der Waals surface area contributed by atoms with Crippen molar-refractivity contribution in [1.29, 1.82) is 0 Å². The zero-order valence-electron chi connectivity index (χ0n) is 81.6. The van der Waals surface area contributed by atoms with Gasteiger partial charge in [-0.3, -0.25) is 91.1 Å². The van der Waals surface area contributed by atoms with Gasteiger partial charge in [0.25, 0.3) is 11.7 Å². The van der Waals surface area contributed by atoms with Crippen LogP contribution >= 0.6 is 35.3 Å². The summed E-state index contributed by atoms with van der Waals surface area (Å²) in [5.74, 6) is -31.9. The monoisotopic (exact) mass is 2070 g/mol. The van der Waals surface area contributed by atoms with E-state index in [4.69, 9.17) is 59.8 Å². The van der Waals surface area contributed by atoms with Gasteiger partial charge in [-0.25, -0.2) is 4.79 Å². The number of aliphatic hydroxyl groups excluding tert-OH is 1. The van der Waals surface area contributed by atoms with Crippen molar-refractivity contribution in [3.63, 3.8) is 0 Å². The third-order valence-corrected chi connectivity index (χ3v) is 27.4. The predicted molar refractivity (Wildman–Crippen MR) is 508 cm³/mol. The number of aliphatic carboxylic acids is 6. The second-order valence-electron chi connectivity index (χ2n) is 36.1. The SMILES string of the molecule is CO[C@H]1C[C@@H]2CC[C@@H](C)[C@@](O)(O2)C(=O)C(=O)N2CCCC[C@H]2C(=O)OC([C@H](C)C[C@@H]2CC[C@@H](OC(=O)C(C)(COC(=O)CSC[C@H](NC(=O)CC[C@H](N)C(=O)O)C(=O)NCC(=O)O)COC(=O)CSC[C@H](NC(=O)CC[C@H](N)C(=O)O)C(=O)NCC(=O)O)[C@H](OC)C2)CC(=O)[C@H](C)/C=C(\C)[C@@H](OC(O)CSC[C@H](NC(=O)CC[C@H](N)C(=O)O)C(=O)NCC(=O)O)[C@@H](OC)C(=O)[C@H](C)C[C@@H](C)\C=C/C=C/C=C/1C. The third-order valence-electron chi connectivity index (χ3n) is 24.3. The van der Waals surface area contributed by atoms with Gasteiger partial charge in [0.2, 0.25) is 41.2 Å². The molecule has 0 aromatic rings. The standard InChI is InChI=1S/C92H140N10O37S3/c1-48-17-13-12-14-18-49(2)66(131-9)35-56-22-20-54(7)92(130,139-56)81(117)85(121)102-30-16-15-19-63(102)89(128)136-67(36-64(103)50(3)32-53(6)79(80(133-11)78(116)52(5)31-48)138-77(115)45-142-42-62(84(120)98-39-74(111)112)101-71(106)29-25-59(95)88(126)127)51(4)33-55-21-26-65(68(34-55)132-10)137-90(129)91(8,46-134-75(113)43-140-40-60(82(118)96-37-72(107)108)99-69(104)27-23-57(93)86(122)123)47-135-76(114)44-141-41-61(83(119)97-38-73(109)110)100-70(105)28-24-58(94)87(124)125/h12-14,17-18,32,48,50-52,54-63,65-68,77,79-80,115,130H,15-16,19-31,33-47,93-95H2,1-11H3,(H,96,118)(H,97,119)(H,98,120)(H,99,104)(H,100,105)(H,101,106)(H,107,108)(H,109,110)(H,111,112)(H,122,123)(H,124,125)(H,126,127)/b14-12+,17-13-,49-18+,53-32+/t48-,50+,51+,52+,54+,55-,56-,57-,58-,59-,60-,61-,62-,63-,65+,66-,67?,68+,77?,79+,80-,92+/m0/s1. The first-order chi connectivity index (χ1) is 66.8. The first-order valence-corrected chi connectivity index (χ1v) is 50.0. The Morgan fingerprint density at radius 3 is 1.56 bits per heavy atom. The highest BCUT2D eigenvalue weighted by atomic mass is 32.2. The molecule has 0 radical (unpaired) electrons. The molecule has 0 spiro atoms. The second-order valence-corrected chi connectivity index (χ2v) is 39.3. The van der Waals surface area contributed by atoms with Crippen LogP contribution in [0.1, 0.15) is 171 Å². The lowest BCUT2D eigenvalue weighted by atomic mass is 9.78. The van der Waals surface area contributed by atoms with E-state index in [-0.39, 0.29) is 94.4 Å². The number of aliphatic hydroxyl groups is 2. The number of allylic oxidation sites excluding steroid dienone is 6. The Labute approximate surface area is 834 Å². The van der Waals surface area contributed by atoms with Gasteiger partial charge in [0.05, 0.1) is 29.8 Å². The number of ether oxygens (including phenoxy) is 9. The van der Waals surface area contributed by atoms with Crippen molar-refractivity contribution in [3.05, 3.63) is 47.6 Å². The Morgan fingerprint density at radius 2 is 1.09 bits per heavy atom. The molecule has 47 nitrogen and oxygen atoms in total. The van der Waals surface area contributed by atoms with Crippen LogP contribution in [0.2, 0.25) is 0 Å². The number of carboxylic acids is 6. The summed E-state index contributed by atoms with van der Waals surface area (Å²) >= 11 is 2.22. The molecule has 798 valence electrons.